The Kier molecular flexibility index (Phi) is 12.9. The summed E-state index contributed by atoms with van der Waals surface area (Å²) >= 11 is 0. The molecule has 1 aliphatic carbocycles. The third-order valence-corrected chi connectivity index (χ3v) is 8.49. The molecule has 3 unspecified atom stereocenters. The first-order chi connectivity index (χ1) is 20.7. The molecule has 3 atom stereocenters. The Morgan fingerprint density at radius 3 is 2.16 bits per heavy atom. The van der Waals surface area contributed by atoms with Gasteiger partial charge in [0.1, 0.15) is 17.7 Å². The summed E-state index contributed by atoms with van der Waals surface area (Å²) in [6.45, 7) is 15.8. The summed E-state index contributed by atoms with van der Waals surface area (Å²) in [6.07, 6.45) is 6.49. The van der Waals surface area contributed by atoms with Gasteiger partial charge in [-0.1, -0.05) is 81.6 Å². The number of rotatable bonds is 12. The van der Waals surface area contributed by atoms with Gasteiger partial charge in [0.05, 0.1) is 0 Å². The van der Waals surface area contributed by atoms with Crippen LogP contribution in [0.5, 0.6) is 0 Å². The number of hydrogen-bond acceptors (Lipinski definition) is 4. The van der Waals surface area contributed by atoms with Crippen LogP contribution >= 0.6 is 0 Å². The van der Waals surface area contributed by atoms with E-state index in [1.807, 2.05) is 69.3 Å². The van der Waals surface area contributed by atoms with Crippen molar-refractivity contribution in [3.8, 4) is 0 Å². The predicted molar refractivity (Wildman–Crippen MR) is 177 cm³/mol. The molecule has 1 aliphatic rings. The van der Waals surface area contributed by atoms with Gasteiger partial charge >= 0.3 is 6.09 Å². The SMILES string of the molecule is Cc1ccc(C(C(=O)NC2CCCCC2)N(C(=O)C(Cc2ccccc2)NC(=O)OC(C)(C)C)C(C)CCC(C)C)cc1C. The highest BCUT2D eigenvalue weighted by Gasteiger charge is 2.39. The van der Waals surface area contributed by atoms with Crippen molar-refractivity contribution in [2.24, 2.45) is 5.92 Å². The zero-order valence-corrected chi connectivity index (χ0v) is 28.2. The molecule has 3 rings (SSSR count). The Labute approximate surface area is 265 Å². The molecule has 0 radical (unpaired) electrons. The molecule has 0 aliphatic heterocycles. The highest BCUT2D eigenvalue weighted by atomic mass is 16.6. The van der Waals surface area contributed by atoms with Crippen molar-refractivity contribution < 1.29 is 19.1 Å². The minimum Gasteiger partial charge on any atom is -0.444 e. The van der Waals surface area contributed by atoms with Crippen LogP contribution in [-0.4, -0.2) is 46.5 Å². The number of ether oxygens (including phenoxy) is 1. The summed E-state index contributed by atoms with van der Waals surface area (Å²) in [5, 5.41) is 6.21. The lowest BCUT2D eigenvalue weighted by molar-refractivity contribution is -0.145. The summed E-state index contributed by atoms with van der Waals surface area (Å²) < 4.78 is 5.60. The van der Waals surface area contributed by atoms with Gasteiger partial charge in [-0.3, -0.25) is 9.59 Å². The van der Waals surface area contributed by atoms with Crippen LogP contribution in [0.15, 0.2) is 48.5 Å². The van der Waals surface area contributed by atoms with Crippen molar-refractivity contribution in [3.05, 3.63) is 70.8 Å². The van der Waals surface area contributed by atoms with Gasteiger partial charge in [-0.05, 0) is 95.4 Å². The molecule has 3 amide bonds. The first kappa shape index (κ1) is 35.1. The summed E-state index contributed by atoms with van der Waals surface area (Å²) in [7, 11) is 0. The van der Waals surface area contributed by atoms with E-state index in [1.54, 1.807) is 25.7 Å². The molecule has 0 heterocycles. The second-order valence-electron chi connectivity index (χ2n) is 14.0. The van der Waals surface area contributed by atoms with Gasteiger partial charge < -0.3 is 20.3 Å². The highest BCUT2D eigenvalue weighted by Crippen LogP contribution is 2.30. The zero-order valence-electron chi connectivity index (χ0n) is 28.2. The van der Waals surface area contributed by atoms with Crippen LogP contribution in [0.2, 0.25) is 0 Å². The van der Waals surface area contributed by atoms with E-state index in [1.165, 1.54) is 6.42 Å². The highest BCUT2D eigenvalue weighted by molar-refractivity contribution is 5.92. The molecule has 0 saturated heterocycles. The number of alkyl carbamates (subject to hydrolysis) is 1. The van der Waals surface area contributed by atoms with Gasteiger partial charge in [0.15, 0.2) is 0 Å². The van der Waals surface area contributed by atoms with Crippen LogP contribution in [0.25, 0.3) is 0 Å². The lowest BCUT2D eigenvalue weighted by Crippen LogP contribution is -2.57. The summed E-state index contributed by atoms with van der Waals surface area (Å²) in [6, 6.07) is 13.7. The molecule has 1 saturated carbocycles. The Balaban J connectivity index is 2.10. The van der Waals surface area contributed by atoms with Crippen LogP contribution in [0.1, 0.15) is 115 Å². The quantitative estimate of drug-likeness (QED) is 0.261. The van der Waals surface area contributed by atoms with Crippen molar-refractivity contribution >= 4 is 17.9 Å². The monoisotopic (exact) mass is 605 g/mol. The van der Waals surface area contributed by atoms with E-state index in [4.69, 9.17) is 4.74 Å². The molecule has 2 aromatic carbocycles. The van der Waals surface area contributed by atoms with Crippen molar-refractivity contribution in [2.75, 3.05) is 0 Å². The van der Waals surface area contributed by atoms with Crippen molar-refractivity contribution in [1.29, 1.82) is 0 Å². The predicted octanol–water partition coefficient (Wildman–Crippen LogP) is 7.58. The molecular weight excluding hydrogens is 550 g/mol. The van der Waals surface area contributed by atoms with Crippen LogP contribution in [0, 0.1) is 19.8 Å². The van der Waals surface area contributed by atoms with E-state index in [2.05, 4.69) is 24.5 Å². The largest absolute Gasteiger partial charge is 0.444 e. The molecule has 7 nitrogen and oxygen atoms in total. The summed E-state index contributed by atoms with van der Waals surface area (Å²) in [5.41, 5.74) is 3.15. The molecule has 2 aromatic rings. The van der Waals surface area contributed by atoms with Crippen molar-refractivity contribution in [2.45, 2.75) is 137 Å². The Morgan fingerprint density at radius 1 is 0.909 bits per heavy atom. The average molecular weight is 606 g/mol. The number of nitrogens with zero attached hydrogens (tertiary/aromatic N) is 1. The Hall–Kier alpha value is -3.35. The maximum absolute atomic E-state index is 14.9. The standard InChI is InChI=1S/C37H55N3O4/c1-25(2)19-21-28(5)40(35(42)32(24-29-15-11-9-12-16-29)39-36(43)44-37(6,7)8)33(30-22-20-26(3)27(4)23-30)34(41)38-31-17-13-10-14-18-31/h9,11-12,15-16,20,22-23,25,28,31-33H,10,13-14,17-19,21,24H2,1-8H3,(H,38,41)(H,39,43). The molecule has 2 N–H and O–H groups in total. The van der Waals surface area contributed by atoms with Crippen molar-refractivity contribution in [3.63, 3.8) is 0 Å². The van der Waals surface area contributed by atoms with Gasteiger partial charge in [0, 0.05) is 18.5 Å². The summed E-state index contributed by atoms with van der Waals surface area (Å²) in [4.78, 5) is 44.1. The molecule has 242 valence electrons. The lowest BCUT2D eigenvalue weighted by atomic mass is 9.92. The van der Waals surface area contributed by atoms with Gasteiger partial charge in [-0.15, -0.1) is 0 Å². The van der Waals surface area contributed by atoms with E-state index in [0.29, 0.717) is 5.92 Å². The molecule has 0 spiro atoms. The molecule has 0 aromatic heterocycles. The number of nitrogens with one attached hydrogen (secondary N) is 2. The fourth-order valence-corrected chi connectivity index (χ4v) is 5.89. The van der Waals surface area contributed by atoms with Crippen LogP contribution < -0.4 is 10.6 Å². The third kappa shape index (κ3) is 10.7. The Bertz CT molecular complexity index is 1230. The summed E-state index contributed by atoms with van der Waals surface area (Å²) in [5.74, 6) is -0.0239. The van der Waals surface area contributed by atoms with E-state index in [9.17, 15) is 14.4 Å². The smallest absolute Gasteiger partial charge is 0.408 e. The normalized spacial score (nSPS) is 16.1. The van der Waals surface area contributed by atoms with E-state index < -0.39 is 23.8 Å². The molecule has 44 heavy (non-hydrogen) atoms. The minimum atomic E-state index is -0.926. The number of amides is 3. The van der Waals surface area contributed by atoms with E-state index in [0.717, 1.165) is 60.8 Å². The molecule has 0 bridgehead atoms. The Morgan fingerprint density at radius 2 is 1.57 bits per heavy atom. The number of aryl methyl sites for hydroxylation is 2. The first-order valence-electron chi connectivity index (χ1n) is 16.5. The second-order valence-corrected chi connectivity index (χ2v) is 14.0. The lowest BCUT2D eigenvalue weighted by Gasteiger charge is -2.39. The fourth-order valence-electron chi connectivity index (χ4n) is 5.89. The maximum atomic E-state index is 14.9. The molecule has 1 fully saturated rings. The minimum absolute atomic E-state index is 0.0909. The van der Waals surface area contributed by atoms with Crippen LogP contribution in [0.4, 0.5) is 4.79 Å². The number of carbonyl (C=O) groups excluding carboxylic acids is 3. The van der Waals surface area contributed by atoms with Gasteiger partial charge in [0.2, 0.25) is 11.8 Å². The van der Waals surface area contributed by atoms with Gasteiger partial charge in [0.25, 0.3) is 0 Å². The van der Waals surface area contributed by atoms with Gasteiger partial charge in [-0.25, -0.2) is 4.79 Å². The second kappa shape index (κ2) is 16.1. The topological polar surface area (TPSA) is 87.7 Å². The third-order valence-electron chi connectivity index (χ3n) is 8.49. The average Bonchev–Trinajstić information content (AvgIpc) is 2.95. The zero-order chi connectivity index (χ0) is 32.4. The first-order valence-corrected chi connectivity index (χ1v) is 16.5. The van der Waals surface area contributed by atoms with Gasteiger partial charge in [-0.2, -0.15) is 0 Å². The molecular formula is C37H55N3O4. The number of carbonyl (C=O) groups is 3. The fraction of sp³-hybridized carbons (Fsp3) is 0.595. The number of hydrogen-bond donors (Lipinski definition) is 2. The van der Waals surface area contributed by atoms with Crippen LogP contribution in [-0.2, 0) is 20.7 Å². The van der Waals surface area contributed by atoms with Crippen molar-refractivity contribution in [1.82, 2.24) is 15.5 Å². The molecule has 7 heteroatoms. The maximum Gasteiger partial charge on any atom is 0.408 e. The number of benzene rings is 2. The van der Waals surface area contributed by atoms with E-state index in [-0.39, 0.29) is 30.3 Å². The van der Waals surface area contributed by atoms with E-state index >= 15 is 0 Å². The van der Waals surface area contributed by atoms with Crippen LogP contribution in [0.3, 0.4) is 0 Å².